The Bertz CT molecular complexity index is 746. The summed E-state index contributed by atoms with van der Waals surface area (Å²) in [7, 11) is 0. The lowest BCUT2D eigenvalue weighted by Gasteiger charge is -2.34. The highest BCUT2D eigenvalue weighted by molar-refractivity contribution is 6.03. The van der Waals surface area contributed by atoms with Gasteiger partial charge in [0.15, 0.2) is 6.61 Å². The standard InChI is InChI=1S/C20H22N2O3/c1-2-16(20(24)21-13-12-15-8-4-3-5-9-15)22-17-10-6-7-11-18(17)25-14-19(22)23/h3-11,16H,2,12-14H2,1H3,(H,21,24)/t16-/m1/s1. The zero-order chi connectivity index (χ0) is 17.6. The van der Waals surface area contributed by atoms with Crippen LogP contribution in [-0.4, -0.2) is 31.0 Å². The molecule has 0 saturated carbocycles. The summed E-state index contributed by atoms with van der Waals surface area (Å²) in [5.41, 5.74) is 1.83. The lowest BCUT2D eigenvalue weighted by atomic mass is 10.1. The monoisotopic (exact) mass is 338 g/mol. The topological polar surface area (TPSA) is 58.6 Å². The SMILES string of the molecule is CC[C@H](C(=O)NCCc1ccccc1)N1C(=O)COc2ccccc21. The second kappa shape index (κ2) is 7.83. The first kappa shape index (κ1) is 17.0. The summed E-state index contributed by atoms with van der Waals surface area (Å²) in [5.74, 6) is 0.310. The van der Waals surface area contributed by atoms with Gasteiger partial charge in [0.25, 0.3) is 5.91 Å². The van der Waals surface area contributed by atoms with Crippen molar-refractivity contribution in [3.05, 3.63) is 60.2 Å². The van der Waals surface area contributed by atoms with Crippen LogP contribution in [0.25, 0.3) is 0 Å². The zero-order valence-corrected chi connectivity index (χ0v) is 14.3. The van der Waals surface area contributed by atoms with Crippen LogP contribution >= 0.6 is 0 Å². The molecule has 1 aliphatic rings. The number of fused-ring (bicyclic) bond motifs is 1. The lowest BCUT2D eigenvalue weighted by Crippen LogP contribution is -2.52. The van der Waals surface area contributed by atoms with E-state index in [1.807, 2.05) is 61.5 Å². The van der Waals surface area contributed by atoms with Crippen molar-refractivity contribution in [2.45, 2.75) is 25.8 Å². The van der Waals surface area contributed by atoms with Crippen LogP contribution in [0.5, 0.6) is 5.75 Å². The third kappa shape index (κ3) is 3.82. The summed E-state index contributed by atoms with van der Waals surface area (Å²) < 4.78 is 5.46. The minimum atomic E-state index is -0.534. The van der Waals surface area contributed by atoms with Crippen molar-refractivity contribution >= 4 is 17.5 Å². The van der Waals surface area contributed by atoms with E-state index in [2.05, 4.69) is 5.32 Å². The predicted octanol–water partition coefficient (Wildman–Crippen LogP) is 2.55. The molecule has 1 N–H and O–H groups in total. The molecule has 0 radical (unpaired) electrons. The number of nitrogens with zero attached hydrogens (tertiary/aromatic N) is 1. The summed E-state index contributed by atoms with van der Waals surface area (Å²) in [5, 5.41) is 2.96. The number of nitrogens with one attached hydrogen (secondary N) is 1. The molecule has 1 heterocycles. The normalized spacial score (nSPS) is 14.4. The van der Waals surface area contributed by atoms with Gasteiger partial charge in [-0.05, 0) is 30.5 Å². The first-order chi connectivity index (χ1) is 12.2. The number of anilines is 1. The van der Waals surface area contributed by atoms with Crippen molar-refractivity contribution in [3.8, 4) is 5.75 Å². The molecule has 0 unspecified atom stereocenters. The Morgan fingerprint density at radius 3 is 2.64 bits per heavy atom. The molecule has 2 amide bonds. The van der Waals surface area contributed by atoms with Gasteiger partial charge in [0.2, 0.25) is 5.91 Å². The Hall–Kier alpha value is -2.82. The Kier molecular flexibility index (Phi) is 5.33. The number of hydrogen-bond donors (Lipinski definition) is 1. The first-order valence-corrected chi connectivity index (χ1v) is 8.56. The molecule has 0 aromatic heterocycles. The first-order valence-electron chi connectivity index (χ1n) is 8.56. The van der Waals surface area contributed by atoms with Crippen LogP contribution in [-0.2, 0) is 16.0 Å². The largest absolute Gasteiger partial charge is 0.482 e. The third-order valence-corrected chi connectivity index (χ3v) is 4.30. The van der Waals surface area contributed by atoms with Gasteiger partial charge in [-0.3, -0.25) is 14.5 Å². The van der Waals surface area contributed by atoms with Crippen molar-refractivity contribution in [1.29, 1.82) is 0 Å². The summed E-state index contributed by atoms with van der Waals surface area (Å²) >= 11 is 0. The molecule has 2 aromatic rings. The minimum Gasteiger partial charge on any atom is -0.482 e. The Morgan fingerprint density at radius 1 is 1.16 bits per heavy atom. The smallest absolute Gasteiger partial charge is 0.265 e. The van der Waals surface area contributed by atoms with Gasteiger partial charge in [-0.1, -0.05) is 49.4 Å². The maximum absolute atomic E-state index is 12.7. The second-order valence-corrected chi connectivity index (χ2v) is 5.97. The van der Waals surface area contributed by atoms with Crippen molar-refractivity contribution < 1.29 is 14.3 Å². The molecule has 0 saturated heterocycles. The number of rotatable bonds is 6. The highest BCUT2D eigenvalue weighted by Crippen LogP contribution is 2.33. The Morgan fingerprint density at radius 2 is 1.88 bits per heavy atom. The fraction of sp³-hybridized carbons (Fsp3) is 0.300. The van der Waals surface area contributed by atoms with Gasteiger partial charge < -0.3 is 10.1 Å². The highest BCUT2D eigenvalue weighted by atomic mass is 16.5. The van der Waals surface area contributed by atoms with Gasteiger partial charge in [0.05, 0.1) is 5.69 Å². The summed E-state index contributed by atoms with van der Waals surface area (Å²) in [6.45, 7) is 2.41. The summed E-state index contributed by atoms with van der Waals surface area (Å²) in [6, 6.07) is 16.8. The highest BCUT2D eigenvalue weighted by Gasteiger charge is 2.34. The molecule has 3 rings (SSSR count). The molecule has 0 aliphatic carbocycles. The molecule has 25 heavy (non-hydrogen) atoms. The lowest BCUT2D eigenvalue weighted by molar-refractivity contribution is -0.127. The number of benzene rings is 2. The molecular weight excluding hydrogens is 316 g/mol. The van der Waals surface area contributed by atoms with E-state index in [4.69, 9.17) is 4.74 Å². The molecule has 5 heteroatoms. The number of carbonyl (C=O) groups is 2. The number of hydrogen-bond acceptors (Lipinski definition) is 3. The van der Waals surface area contributed by atoms with Crippen LogP contribution in [0.2, 0.25) is 0 Å². The van der Waals surface area contributed by atoms with E-state index in [0.717, 1.165) is 6.42 Å². The predicted molar refractivity (Wildman–Crippen MR) is 96.7 cm³/mol. The fourth-order valence-corrected chi connectivity index (χ4v) is 3.04. The van der Waals surface area contributed by atoms with E-state index in [0.29, 0.717) is 24.4 Å². The van der Waals surface area contributed by atoms with Crippen molar-refractivity contribution in [2.75, 3.05) is 18.1 Å². The van der Waals surface area contributed by atoms with E-state index in [9.17, 15) is 9.59 Å². The minimum absolute atomic E-state index is 0.0369. The zero-order valence-electron chi connectivity index (χ0n) is 14.3. The van der Waals surface area contributed by atoms with Crippen LogP contribution in [0.3, 0.4) is 0 Å². The molecule has 0 spiro atoms. The Balaban J connectivity index is 1.69. The maximum atomic E-state index is 12.7. The van der Waals surface area contributed by atoms with Crippen LogP contribution in [0, 0.1) is 0 Å². The van der Waals surface area contributed by atoms with Crippen LogP contribution in [0.4, 0.5) is 5.69 Å². The number of amides is 2. The van der Waals surface area contributed by atoms with Crippen LogP contribution in [0.15, 0.2) is 54.6 Å². The number of ether oxygens (including phenoxy) is 1. The van der Waals surface area contributed by atoms with E-state index in [1.54, 1.807) is 4.90 Å². The molecule has 0 fully saturated rings. The fourth-order valence-electron chi connectivity index (χ4n) is 3.04. The van der Waals surface area contributed by atoms with E-state index >= 15 is 0 Å². The van der Waals surface area contributed by atoms with Gasteiger partial charge in [0.1, 0.15) is 11.8 Å². The van der Waals surface area contributed by atoms with Crippen molar-refractivity contribution in [1.82, 2.24) is 5.32 Å². The molecule has 5 nitrogen and oxygen atoms in total. The molecule has 1 aliphatic heterocycles. The van der Waals surface area contributed by atoms with Crippen molar-refractivity contribution in [2.24, 2.45) is 0 Å². The van der Waals surface area contributed by atoms with Crippen LogP contribution < -0.4 is 15.0 Å². The number of para-hydroxylation sites is 2. The van der Waals surface area contributed by atoms with Gasteiger partial charge in [0, 0.05) is 6.54 Å². The maximum Gasteiger partial charge on any atom is 0.265 e. The number of carbonyl (C=O) groups excluding carboxylic acids is 2. The van der Waals surface area contributed by atoms with E-state index in [1.165, 1.54) is 5.56 Å². The second-order valence-electron chi connectivity index (χ2n) is 5.97. The van der Waals surface area contributed by atoms with Gasteiger partial charge in [-0.2, -0.15) is 0 Å². The van der Waals surface area contributed by atoms with Crippen LogP contribution in [0.1, 0.15) is 18.9 Å². The molecule has 130 valence electrons. The molecular formula is C20H22N2O3. The van der Waals surface area contributed by atoms with E-state index < -0.39 is 6.04 Å². The summed E-state index contributed by atoms with van der Waals surface area (Å²) in [4.78, 5) is 26.6. The van der Waals surface area contributed by atoms with Gasteiger partial charge in [-0.25, -0.2) is 0 Å². The third-order valence-electron chi connectivity index (χ3n) is 4.30. The molecule has 0 bridgehead atoms. The average Bonchev–Trinajstić information content (AvgIpc) is 2.65. The van der Waals surface area contributed by atoms with Gasteiger partial charge >= 0.3 is 0 Å². The molecule has 1 atom stereocenters. The van der Waals surface area contributed by atoms with Gasteiger partial charge in [-0.15, -0.1) is 0 Å². The average molecular weight is 338 g/mol. The quantitative estimate of drug-likeness (QED) is 0.881. The van der Waals surface area contributed by atoms with Crippen molar-refractivity contribution in [3.63, 3.8) is 0 Å². The van der Waals surface area contributed by atoms with E-state index in [-0.39, 0.29) is 18.4 Å². The Labute approximate surface area is 147 Å². The summed E-state index contributed by atoms with van der Waals surface area (Å²) in [6.07, 6.45) is 1.30. The molecule has 2 aromatic carbocycles.